The van der Waals surface area contributed by atoms with E-state index in [1.165, 1.54) is 17.5 Å². The molecule has 33 heavy (non-hydrogen) atoms. The average molecular weight is 461 g/mol. The number of ether oxygens (including phenoxy) is 2. The summed E-state index contributed by atoms with van der Waals surface area (Å²) in [4.78, 5) is 0.898. The molecule has 0 bridgehead atoms. The molecule has 4 heterocycles. The Hall–Kier alpha value is -3.92. The van der Waals surface area contributed by atoms with E-state index in [0.29, 0.717) is 24.6 Å². The maximum atomic E-state index is 6.02. The van der Waals surface area contributed by atoms with E-state index in [9.17, 15) is 0 Å². The van der Waals surface area contributed by atoms with Crippen LogP contribution in [0.3, 0.4) is 0 Å². The van der Waals surface area contributed by atoms with E-state index in [1.807, 2.05) is 53.5 Å². The molecule has 0 saturated heterocycles. The van der Waals surface area contributed by atoms with Crippen molar-refractivity contribution in [3.63, 3.8) is 0 Å². The Morgan fingerprint density at radius 2 is 2.06 bits per heavy atom. The minimum Gasteiger partial charge on any atom is -0.496 e. The Bertz CT molecular complexity index is 1410. The van der Waals surface area contributed by atoms with Gasteiger partial charge in [-0.1, -0.05) is 5.16 Å². The molecule has 0 spiro atoms. The molecule has 6 rings (SSSR count). The van der Waals surface area contributed by atoms with E-state index in [-0.39, 0.29) is 0 Å². The molecule has 0 saturated carbocycles. The third kappa shape index (κ3) is 3.58. The zero-order valence-electron chi connectivity index (χ0n) is 17.8. The van der Waals surface area contributed by atoms with Crippen LogP contribution in [0, 0.1) is 0 Å². The van der Waals surface area contributed by atoms with Gasteiger partial charge in [-0.25, -0.2) is 4.68 Å². The van der Waals surface area contributed by atoms with E-state index in [4.69, 9.17) is 14.0 Å². The Kier molecular flexibility index (Phi) is 4.91. The molecule has 1 aliphatic rings. The normalized spacial score (nSPS) is 12.6. The van der Waals surface area contributed by atoms with Crippen molar-refractivity contribution >= 4 is 28.7 Å². The molecule has 1 N–H and O–H groups in total. The second-order valence-electron chi connectivity index (χ2n) is 7.54. The van der Waals surface area contributed by atoms with Crippen molar-refractivity contribution in [1.29, 1.82) is 0 Å². The highest BCUT2D eigenvalue weighted by atomic mass is 32.2. The van der Waals surface area contributed by atoms with Crippen LogP contribution in [0.5, 0.6) is 11.5 Å². The number of hydrogen-bond acceptors (Lipinski definition) is 8. The minimum atomic E-state index is 0.616. The van der Waals surface area contributed by atoms with Gasteiger partial charge in [-0.15, -0.1) is 0 Å². The Morgan fingerprint density at radius 3 is 2.88 bits per heavy atom. The van der Waals surface area contributed by atoms with Crippen LogP contribution in [0.25, 0.3) is 16.7 Å². The van der Waals surface area contributed by atoms with Gasteiger partial charge in [0.05, 0.1) is 30.8 Å². The smallest absolute Gasteiger partial charge is 0.191 e. The van der Waals surface area contributed by atoms with Crippen molar-refractivity contribution in [1.82, 2.24) is 24.7 Å². The molecule has 0 radical (unpaired) electrons. The SMILES string of the molecule is COc1ccc(-n2cccn2)cc1SNc1noc2cc(Cn3cccn3)c3c(c12)OCC3. The molecule has 1 aliphatic heterocycles. The average Bonchev–Trinajstić information content (AvgIpc) is 3.64. The maximum Gasteiger partial charge on any atom is 0.191 e. The van der Waals surface area contributed by atoms with E-state index in [0.717, 1.165) is 39.5 Å². The van der Waals surface area contributed by atoms with Crippen LogP contribution in [-0.2, 0) is 13.0 Å². The highest BCUT2D eigenvalue weighted by Gasteiger charge is 2.25. The Labute approximate surface area is 193 Å². The van der Waals surface area contributed by atoms with Gasteiger partial charge in [0.25, 0.3) is 0 Å². The van der Waals surface area contributed by atoms with Crippen molar-refractivity contribution in [3.05, 3.63) is 72.3 Å². The van der Waals surface area contributed by atoms with E-state index < -0.39 is 0 Å². The minimum absolute atomic E-state index is 0.616. The molecule has 166 valence electrons. The summed E-state index contributed by atoms with van der Waals surface area (Å²) in [6.07, 6.45) is 8.22. The first-order valence-electron chi connectivity index (χ1n) is 10.5. The van der Waals surface area contributed by atoms with Crippen molar-refractivity contribution in [2.45, 2.75) is 17.9 Å². The summed E-state index contributed by atoms with van der Waals surface area (Å²) in [5.74, 6) is 2.20. The molecule has 9 nitrogen and oxygen atoms in total. The highest BCUT2D eigenvalue weighted by molar-refractivity contribution is 8.00. The topological polar surface area (TPSA) is 92.2 Å². The molecule has 10 heteroatoms. The predicted octanol–water partition coefficient (Wildman–Crippen LogP) is 4.32. The van der Waals surface area contributed by atoms with Gasteiger partial charge in [-0.05, 0) is 53.9 Å². The summed E-state index contributed by atoms with van der Waals surface area (Å²) in [6, 6.07) is 11.7. The van der Waals surface area contributed by atoms with Crippen molar-refractivity contribution in [2.24, 2.45) is 0 Å². The lowest BCUT2D eigenvalue weighted by Gasteiger charge is -2.11. The van der Waals surface area contributed by atoms with Crippen LogP contribution in [0.15, 0.2) is 70.6 Å². The van der Waals surface area contributed by atoms with Crippen LogP contribution in [0.1, 0.15) is 11.1 Å². The zero-order chi connectivity index (χ0) is 22.2. The number of nitrogens with one attached hydrogen (secondary N) is 1. The number of hydrogen-bond donors (Lipinski definition) is 1. The fourth-order valence-electron chi connectivity index (χ4n) is 4.04. The number of benzene rings is 2. The van der Waals surface area contributed by atoms with Gasteiger partial charge < -0.3 is 18.7 Å². The summed E-state index contributed by atoms with van der Waals surface area (Å²) in [7, 11) is 1.65. The standard InChI is InChI=1S/C23H20N6O3S/c1-30-18-5-4-16(29-10-3-8-25-29)13-20(18)33-27-23-21-19(32-26-23)12-15(14-28-9-2-7-24-28)17-6-11-31-22(17)21/h2-5,7-10,12-13H,6,11,14H2,1H3,(H,26,27). The number of rotatable bonds is 7. The molecule has 5 aromatic rings. The van der Waals surface area contributed by atoms with E-state index in [1.54, 1.807) is 24.2 Å². The first-order chi connectivity index (χ1) is 16.3. The number of aromatic nitrogens is 5. The lowest BCUT2D eigenvalue weighted by atomic mass is 10.0. The predicted molar refractivity (Wildman–Crippen MR) is 124 cm³/mol. The molecule has 0 fully saturated rings. The van der Waals surface area contributed by atoms with Crippen LogP contribution < -0.4 is 14.2 Å². The molecule has 0 unspecified atom stereocenters. The molecule has 0 amide bonds. The van der Waals surface area contributed by atoms with Gasteiger partial charge >= 0.3 is 0 Å². The fourth-order valence-corrected chi connectivity index (χ4v) is 4.82. The number of fused-ring (bicyclic) bond motifs is 3. The van der Waals surface area contributed by atoms with Crippen LogP contribution in [0.2, 0.25) is 0 Å². The second kappa shape index (κ2) is 8.21. The van der Waals surface area contributed by atoms with Gasteiger partial charge in [-0.2, -0.15) is 10.2 Å². The van der Waals surface area contributed by atoms with Crippen LogP contribution >= 0.6 is 11.9 Å². The number of methoxy groups -OCH3 is 1. The summed E-state index contributed by atoms with van der Waals surface area (Å²) in [5.41, 5.74) is 3.91. The Morgan fingerprint density at radius 1 is 1.15 bits per heavy atom. The first kappa shape index (κ1) is 19.7. The first-order valence-corrected chi connectivity index (χ1v) is 11.3. The van der Waals surface area contributed by atoms with Gasteiger partial charge in [0.15, 0.2) is 11.4 Å². The highest BCUT2D eigenvalue weighted by Crippen LogP contribution is 2.42. The lowest BCUT2D eigenvalue weighted by Crippen LogP contribution is -2.02. The van der Waals surface area contributed by atoms with E-state index >= 15 is 0 Å². The molecule has 3 aromatic heterocycles. The number of anilines is 1. The Balaban J connectivity index is 1.32. The van der Waals surface area contributed by atoms with Gasteiger partial charge in [0.1, 0.15) is 16.9 Å². The summed E-state index contributed by atoms with van der Waals surface area (Å²) < 4.78 is 24.3. The summed E-state index contributed by atoms with van der Waals surface area (Å²) >= 11 is 1.40. The van der Waals surface area contributed by atoms with Gasteiger partial charge in [-0.3, -0.25) is 4.68 Å². The second-order valence-corrected chi connectivity index (χ2v) is 8.39. The molecule has 2 aromatic carbocycles. The molecular formula is C23H20N6O3S. The fraction of sp³-hybridized carbons (Fsp3) is 0.174. The maximum absolute atomic E-state index is 6.02. The largest absolute Gasteiger partial charge is 0.496 e. The lowest BCUT2D eigenvalue weighted by molar-refractivity contribution is 0.360. The molecule has 0 aliphatic carbocycles. The quantitative estimate of drug-likeness (QED) is 0.359. The molecule has 0 atom stereocenters. The van der Waals surface area contributed by atoms with Gasteiger partial charge in [0, 0.05) is 36.8 Å². The molecular weight excluding hydrogens is 440 g/mol. The van der Waals surface area contributed by atoms with Gasteiger partial charge in [0.2, 0.25) is 0 Å². The third-order valence-electron chi connectivity index (χ3n) is 5.58. The monoisotopic (exact) mass is 460 g/mol. The van der Waals surface area contributed by atoms with Crippen LogP contribution in [0.4, 0.5) is 5.82 Å². The van der Waals surface area contributed by atoms with E-state index in [2.05, 4.69) is 20.1 Å². The van der Waals surface area contributed by atoms with Crippen LogP contribution in [-0.4, -0.2) is 38.4 Å². The van der Waals surface area contributed by atoms with Crippen molar-refractivity contribution in [3.8, 4) is 17.2 Å². The summed E-state index contributed by atoms with van der Waals surface area (Å²) in [5, 5.41) is 13.8. The zero-order valence-corrected chi connectivity index (χ0v) is 18.6. The van der Waals surface area contributed by atoms with Crippen molar-refractivity contribution < 1.29 is 14.0 Å². The summed E-state index contributed by atoms with van der Waals surface area (Å²) in [6.45, 7) is 1.29. The third-order valence-corrected chi connectivity index (χ3v) is 6.41. The van der Waals surface area contributed by atoms with Crippen molar-refractivity contribution in [2.75, 3.05) is 18.4 Å². The number of nitrogens with zero attached hydrogens (tertiary/aromatic N) is 5.